The van der Waals surface area contributed by atoms with Crippen LogP contribution in [0.25, 0.3) is 16.2 Å². The average Bonchev–Trinajstić information content (AvgIpc) is 3.30. The lowest BCUT2D eigenvalue weighted by Crippen LogP contribution is -2.16. The zero-order valence-electron chi connectivity index (χ0n) is 15.8. The summed E-state index contributed by atoms with van der Waals surface area (Å²) in [7, 11) is 1.65. The predicted octanol–water partition coefficient (Wildman–Crippen LogP) is 4.82. The maximum atomic E-state index is 12.6. The van der Waals surface area contributed by atoms with E-state index < -0.39 is 0 Å². The molecule has 0 atom stereocenters. The van der Waals surface area contributed by atoms with Crippen LogP contribution in [0.5, 0.6) is 5.75 Å². The number of ether oxygens (including phenoxy) is 1. The van der Waals surface area contributed by atoms with Crippen molar-refractivity contribution in [1.29, 1.82) is 0 Å². The van der Waals surface area contributed by atoms with Crippen molar-refractivity contribution < 1.29 is 9.53 Å². The molecule has 0 aliphatic carbocycles. The number of methoxy groups -OCH3 is 1. The van der Waals surface area contributed by atoms with Crippen LogP contribution in [-0.4, -0.2) is 22.4 Å². The Balaban J connectivity index is 1.54. The number of aryl methyl sites for hydroxylation is 1. The Labute approximate surface area is 167 Å². The highest BCUT2D eigenvalue weighted by Gasteiger charge is 2.13. The van der Waals surface area contributed by atoms with Crippen LogP contribution >= 0.6 is 11.3 Å². The molecule has 0 fully saturated rings. The summed E-state index contributed by atoms with van der Waals surface area (Å²) in [5.41, 5.74) is 4.84. The van der Waals surface area contributed by atoms with Crippen LogP contribution in [-0.2, 0) is 17.6 Å². The van der Waals surface area contributed by atoms with Crippen molar-refractivity contribution in [2.45, 2.75) is 19.8 Å². The van der Waals surface area contributed by atoms with Gasteiger partial charge in [0.15, 0.2) is 4.96 Å². The van der Waals surface area contributed by atoms with Crippen LogP contribution in [0, 0.1) is 0 Å². The fourth-order valence-corrected chi connectivity index (χ4v) is 4.04. The molecule has 0 saturated heterocycles. The van der Waals surface area contributed by atoms with Crippen molar-refractivity contribution in [1.82, 2.24) is 9.38 Å². The number of para-hydroxylation sites is 1. The molecule has 0 saturated carbocycles. The summed E-state index contributed by atoms with van der Waals surface area (Å²) in [5.74, 6) is 0.787. The van der Waals surface area contributed by atoms with E-state index in [2.05, 4.69) is 17.2 Å². The third-order valence-corrected chi connectivity index (χ3v) is 5.57. The lowest BCUT2D eigenvalue weighted by atomic mass is 10.1. The van der Waals surface area contributed by atoms with Gasteiger partial charge < -0.3 is 10.1 Å². The number of rotatable bonds is 6. The van der Waals surface area contributed by atoms with Crippen LogP contribution < -0.4 is 10.1 Å². The van der Waals surface area contributed by atoms with Gasteiger partial charge >= 0.3 is 0 Å². The van der Waals surface area contributed by atoms with Crippen molar-refractivity contribution >= 4 is 27.9 Å². The highest BCUT2D eigenvalue weighted by Crippen LogP contribution is 2.26. The van der Waals surface area contributed by atoms with Gasteiger partial charge in [-0.2, -0.15) is 0 Å². The molecule has 2 aromatic heterocycles. The standard InChI is InChI=1S/C22H21N3O2S/c1-3-15-6-4-5-7-19(15)23-21(26)12-17-14-28-22-24-20(13-25(17)22)16-8-10-18(27-2)11-9-16/h4-11,13-14H,3,12H2,1-2H3,(H,23,26). The van der Waals surface area contributed by atoms with Gasteiger partial charge in [-0.15, -0.1) is 11.3 Å². The predicted molar refractivity (Wildman–Crippen MR) is 113 cm³/mol. The summed E-state index contributed by atoms with van der Waals surface area (Å²) >= 11 is 1.54. The van der Waals surface area contributed by atoms with E-state index in [1.54, 1.807) is 18.4 Å². The van der Waals surface area contributed by atoms with Crippen LogP contribution in [0.3, 0.4) is 0 Å². The van der Waals surface area contributed by atoms with Gasteiger partial charge in [0.25, 0.3) is 0 Å². The number of nitrogens with one attached hydrogen (secondary N) is 1. The molecule has 4 aromatic rings. The zero-order valence-corrected chi connectivity index (χ0v) is 16.6. The zero-order chi connectivity index (χ0) is 19.5. The number of fused-ring (bicyclic) bond motifs is 1. The van der Waals surface area contributed by atoms with Crippen molar-refractivity contribution in [3.05, 3.63) is 71.4 Å². The molecular weight excluding hydrogens is 370 g/mol. The summed E-state index contributed by atoms with van der Waals surface area (Å²) in [6.07, 6.45) is 3.17. The second-order valence-corrected chi connectivity index (χ2v) is 7.31. The minimum Gasteiger partial charge on any atom is -0.497 e. The minimum atomic E-state index is -0.0275. The highest BCUT2D eigenvalue weighted by atomic mass is 32.1. The number of imidazole rings is 1. The van der Waals surface area contributed by atoms with Crippen LogP contribution in [0.15, 0.2) is 60.1 Å². The van der Waals surface area contributed by atoms with Gasteiger partial charge in [0.2, 0.25) is 5.91 Å². The van der Waals surface area contributed by atoms with Gasteiger partial charge in [0.05, 0.1) is 19.2 Å². The summed E-state index contributed by atoms with van der Waals surface area (Å²) in [4.78, 5) is 18.1. The lowest BCUT2D eigenvalue weighted by Gasteiger charge is -2.09. The summed E-state index contributed by atoms with van der Waals surface area (Å²) in [5, 5.41) is 5.03. The van der Waals surface area contributed by atoms with Crippen LogP contribution in [0.4, 0.5) is 5.69 Å². The first-order chi connectivity index (χ1) is 13.7. The lowest BCUT2D eigenvalue weighted by molar-refractivity contribution is -0.115. The number of hydrogen-bond donors (Lipinski definition) is 1. The van der Waals surface area contributed by atoms with Gasteiger partial charge in [-0.05, 0) is 42.3 Å². The quantitative estimate of drug-likeness (QED) is 0.513. The third kappa shape index (κ3) is 3.64. The van der Waals surface area contributed by atoms with Gasteiger partial charge in [0, 0.05) is 28.5 Å². The molecule has 1 N–H and O–H groups in total. The molecule has 1 amide bonds. The molecule has 0 radical (unpaired) electrons. The first kappa shape index (κ1) is 18.3. The number of carbonyl (C=O) groups excluding carboxylic acids is 1. The second-order valence-electron chi connectivity index (χ2n) is 6.47. The average molecular weight is 391 g/mol. The Hall–Kier alpha value is -3.12. The largest absolute Gasteiger partial charge is 0.497 e. The van der Waals surface area contributed by atoms with Crippen LogP contribution in [0.1, 0.15) is 18.2 Å². The first-order valence-electron chi connectivity index (χ1n) is 9.15. The second kappa shape index (κ2) is 7.86. The number of benzene rings is 2. The van der Waals surface area contributed by atoms with Gasteiger partial charge in [-0.1, -0.05) is 25.1 Å². The monoisotopic (exact) mass is 391 g/mol. The fourth-order valence-electron chi connectivity index (χ4n) is 3.17. The molecule has 5 nitrogen and oxygen atoms in total. The van der Waals surface area contributed by atoms with E-state index in [1.807, 2.05) is 64.5 Å². The Morgan fingerprint density at radius 1 is 1.18 bits per heavy atom. The Morgan fingerprint density at radius 3 is 2.71 bits per heavy atom. The molecule has 2 aromatic carbocycles. The number of amides is 1. The fraction of sp³-hybridized carbons (Fsp3) is 0.182. The van der Waals surface area contributed by atoms with Crippen molar-refractivity contribution in [2.75, 3.05) is 12.4 Å². The van der Waals surface area contributed by atoms with E-state index in [0.29, 0.717) is 6.42 Å². The maximum absolute atomic E-state index is 12.6. The summed E-state index contributed by atoms with van der Waals surface area (Å²) in [6.45, 7) is 2.08. The van der Waals surface area contributed by atoms with Crippen LogP contribution in [0.2, 0.25) is 0 Å². The van der Waals surface area contributed by atoms with E-state index in [0.717, 1.165) is 45.3 Å². The molecule has 142 valence electrons. The van der Waals surface area contributed by atoms with E-state index in [1.165, 1.54) is 0 Å². The van der Waals surface area contributed by atoms with E-state index in [9.17, 15) is 4.79 Å². The molecule has 0 aliphatic heterocycles. The van der Waals surface area contributed by atoms with Crippen molar-refractivity contribution in [3.63, 3.8) is 0 Å². The van der Waals surface area contributed by atoms with Gasteiger partial charge in [0.1, 0.15) is 5.75 Å². The molecule has 2 heterocycles. The summed E-state index contributed by atoms with van der Waals surface area (Å²) < 4.78 is 7.20. The molecule has 0 spiro atoms. The normalized spacial score (nSPS) is 10.9. The molecule has 0 aliphatic rings. The topological polar surface area (TPSA) is 55.6 Å². The van der Waals surface area contributed by atoms with Gasteiger partial charge in [-0.25, -0.2) is 4.98 Å². The molecule has 6 heteroatoms. The number of carbonyl (C=O) groups is 1. The molecule has 0 unspecified atom stereocenters. The minimum absolute atomic E-state index is 0.0275. The van der Waals surface area contributed by atoms with Crippen molar-refractivity contribution in [3.8, 4) is 17.0 Å². The molecular formula is C22H21N3O2S. The third-order valence-electron chi connectivity index (χ3n) is 4.68. The Kier molecular flexibility index (Phi) is 5.12. The Morgan fingerprint density at radius 2 is 1.96 bits per heavy atom. The smallest absolute Gasteiger partial charge is 0.230 e. The number of nitrogens with zero attached hydrogens (tertiary/aromatic N) is 2. The van der Waals surface area contributed by atoms with E-state index in [-0.39, 0.29) is 5.91 Å². The molecule has 0 bridgehead atoms. The van der Waals surface area contributed by atoms with E-state index in [4.69, 9.17) is 4.74 Å². The SMILES string of the molecule is CCc1ccccc1NC(=O)Cc1csc2nc(-c3ccc(OC)cc3)cn12. The first-order valence-corrected chi connectivity index (χ1v) is 10.0. The maximum Gasteiger partial charge on any atom is 0.230 e. The number of thiazole rings is 1. The number of aromatic nitrogens is 2. The molecule has 4 rings (SSSR count). The van der Waals surface area contributed by atoms with Crippen molar-refractivity contribution in [2.24, 2.45) is 0 Å². The van der Waals surface area contributed by atoms with E-state index >= 15 is 0 Å². The number of hydrogen-bond acceptors (Lipinski definition) is 4. The summed E-state index contributed by atoms with van der Waals surface area (Å²) in [6, 6.07) is 15.7. The molecule has 28 heavy (non-hydrogen) atoms. The Bertz CT molecular complexity index is 1110. The highest BCUT2D eigenvalue weighted by molar-refractivity contribution is 7.15. The number of anilines is 1. The van der Waals surface area contributed by atoms with Gasteiger partial charge in [-0.3, -0.25) is 9.20 Å².